The topological polar surface area (TPSA) is 83.4 Å². The van der Waals surface area contributed by atoms with Crippen molar-refractivity contribution in [2.75, 3.05) is 0 Å². The molecule has 4 rings (SSSR count). The van der Waals surface area contributed by atoms with E-state index in [0.717, 1.165) is 0 Å². The van der Waals surface area contributed by atoms with Crippen LogP contribution in [0.25, 0.3) is 16.7 Å². The Morgan fingerprint density at radius 1 is 1.39 bits per heavy atom. The number of ether oxygens (including phenoxy) is 1. The maximum Gasteiger partial charge on any atom is 0.350 e. The highest BCUT2D eigenvalue weighted by atomic mass is 35.5. The van der Waals surface area contributed by atoms with Crippen molar-refractivity contribution in [3.05, 3.63) is 57.7 Å². The number of benzene rings is 1. The van der Waals surface area contributed by atoms with E-state index in [4.69, 9.17) is 16.3 Å². The minimum atomic E-state index is -0.628. The second kappa shape index (κ2) is 5.18. The summed E-state index contributed by atoms with van der Waals surface area (Å²) in [5.41, 5.74) is 0.956. The molecule has 0 fully saturated rings. The minimum Gasteiger partial charge on any atom is -0.594 e. The number of hydrogen-bond acceptors (Lipinski definition) is 6. The van der Waals surface area contributed by atoms with Gasteiger partial charge in [0.1, 0.15) is 11.1 Å². The van der Waals surface area contributed by atoms with Gasteiger partial charge in [-0.15, -0.1) is 11.3 Å². The van der Waals surface area contributed by atoms with E-state index in [0.29, 0.717) is 26.0 Å². The molecular formula is C14H7ClN4O3S. The second-order valence-corrected chi connectivity index (χ2v) is 5.97. The maximum atomic E-state index is 12.3. The summed E-state index contributed by atoms with van der Waals surface area (Å²) in [6.07, 6.45) is 1.32. The highest BCUT2D eigenvalue weighted by molar-refractivity contribution is 7.11. The monoisotopic (exact) mass is 346 g/mol. The molecule has 1 aromatic carbocycles. The number of nitrogens with zero attached hydrogens (tertiary/aromatic N) is 4. The molecular weight excluding hydrogens is 340 g/mol. The van der Waals surface area contributed by atoms with Crippen molar-refractivity contribution in [2.24, 2.45) is 0 Å². The fourth-order valence-electron chi connectivity index (χ4n) is 2.19. The molecule has 0 unspecified atom stereocenters. The Kier molecular flexibility index (Phi) is 3.14. The number of fused-ring (bicyclic) bond motifs is 3. The van der Waals surface area contributed by atoms with Gasteiger partial charge in [0.25, 0.3) is 5.52 Å². The van der Waals surface area contributed by atoms with Crippen molar-refractivity contribution in [1.29, 1.82) is 0 Å². The number of aromatic nitrogens is 4. The lowest BCUT2D eigenvalue weighted by molar-refractivity contribution is -0.640. The Labute approximate surface area is 137 Å². The molecule has 3 aromatic heterocycles. The number of carbonyl (C=O) groups is 1. The highest BCUT2D eigenvalue weighted by Crippen LogP contribution is 2.22. The van der Waals surface area contributed by atoms with E-state index >= 15 is 0 Å². The molecule has 0 aliphatic heterocycles. The largest absolute Gasteiger partial charge is 0.594 e. The molecule has 7 nitrogen and oxygen atoms in total. The molecule has 9 heteroatoms. The van der Waals surface area contributed by atoms with Gasteiger partial charge in [-0.2, -0.15) is 5.10 Å². The average molecular weight is 347 g/mol. The summed E-state index contributed by atoms with van der Waals surface area (Å²) in [6, 6.07) is 8.15. The quantitative estimate of drug-likeness (QED) is 0.316. The SMILES string of the molecule is O=C(Oc1cccs1)c1cnn2c1n[n+]([O-])c1ccc(Cl)cc12. The zero-order valence-corrected chi connectivity index (χ0v) is 12.9. The summed E-state index contributed by atoms with van der Waals surface area (Å²) in [6.45, 7) is 0. The third kappa shape index (κ3) is 2.28. The van der Waals surface area contributed by atoms with Gasteiger partial charge in [-0.05, 0) is 34.5 Å². The van der Waals surface area contributed by atoms with Gasteiger partial charge in [0.15, 0.2) is 5.06 Å². The van der Waals surface area contributed by atoms with Gasteiger partial charge < -0.3 is 9.94 Å². The summed E-state index contributed by atoms with van der Waals surface area (Å²) in [4.78, 5) is 12.7. The van der Waals surface area contributed by atoms with E-state index < -0.39 is 5.97 Å². The van der Waals surface area contributed by atoms with Crippen LogP contribution in [0.2, 0.25) is 5.02 Å². The predicted octanol–water partition coefficient (Wildman–Crippen LogP) is 2.45. The van der Waals surface area contributed by atoms with E-state index in [1.54, 1.807) is 35.7 Å². The number of rotatable bonds is 2. The van der Waals surface area contributed by atoms with Gasteiger partial charge in [-0.3, -0.25) is 0 Å². The summed E-state index contributed by atoms with van der Waals surface area (Å²) < 4.78 is 6.62. The Balaban J connectivity index is 1.89. The minimum absolute atomic E-state index is 0.102. The molecule has 0 radical (unpaired) electrons. The molecule has 4 aromatic rings. The van der Waals surface area contributed by atoms with E-state index in [1.165, 1.54) is 22.0 Å². The molecule has 3 heterocycles. The molecule has 0 amide bonds. The van der Waals surface area contributed by atoms with Crippen molar-refractivity contribution in [3.8, 4) is 5.06 Å². The van der Waals surface area contributed by atoms with E-state index in [2.05, 4.69) is 10.2 Å². The summed E-state index contributed by atoms with van der Waals surface area (Å²) in [5, 5.41) is 22.7. The van der Waals surface area contributed by atoms with Crippen LogP contribution in [-0.4, -0.2) is 20.7 Å². The van der Waals surface area contributed by atoms with E-state index in [9.17, 15) is 10.0 Å². The normalized spacial score (nSPS) is 11.2. The second-order valence-electron chi connectivity index (χ2n) is 4.62. The first-order valence-corrected chi connectivity index (χ1v) is 7.72. The van der Waals surface area contributed by atoms with Crippen LogP contribution < -0.4 is 9.58 Å². The zero-order valence-electron chi connectivity index (χ0n) is 11.3. The van der Waals surface area contributed by atoms with Crippen LogP contribution >= 0.6 is 22.9 Å². The van der Waals surface area contributed by atoms with Crippen molar-refractivity contribution >= 4 is 45.6 Å². The van der Waals surface area contributed by atoms with Gasteiger partial charge in [0, 0.05) is 16.2 Å². The van der Waals surface area contributed by atoms with Crippen LogP contribution in [0.1, 0.15) is 10.4 Å². The molecule has 0 aliphatic rings. The van der Waals surface area contributed by atoms with Gasteiger partial charge in [0.05, 0.1) is 6.20 Å². The average Bonchev–Trinajstić information content (AvgIpc) is 3.16. The van der Waals surface area contributed by atoms with Crippen LogP contribution in [0, 0.1) is 5.21 Å². The summed E-state index contributed by atoms with van der Waals surface area (Å²) in [5.74, 6) is -0.628. The lowest BCUT2D eigenvalue weighted by atomic mass is 10.3. The molecule has 114 valence electrons. The van der Waals surface area contributed by atoms with Crippen molar-refractivity contribution in [1.82, 2.24) is 14.7 Å². The van der Waals surface area contributed by atoms with Crippen LogP contribution in [0.15, 0.2) is 41.9 Å². The number of esters is 1. The third-order valence-electron chi connectivity index (χ3n) is 3.21. The van der Waals surface area contributed by atoms with Crippen LogP contribution in [0.4, 0.5) is 0 Å². The first-order valence-electron chi connectivity index (χ1n) is 6.46. The Hall–Kier alpha value is -2.71. The van der Waals surface area contributed by atoms with Gasteiger partial charge in [-0.25, -0.2) is 9.31 Å². The first kappa shape index (κ1) is 13.9. The lowest BCUT2D eigenvalue weighted by Gasteiger charge is -2.03. The molecule has 0 N–H and O–H groups in total. The molecule has 0 bridgehead atoms. The Morgan fingerprint density at radius 2 is 2.26 bits per heavy atom. The molecule has 0 saturated heterocycles. The Morgan fingerprint density at radius 3 is 3.04 bits per heavy atom. The smallest absolute Gasteiger partial charge is 0.350 e. The molecule has 23 heavy (non-hydrogen) atoms. The molecule has 0 atom stereocenters. The lowest BCUT2D eigenvalue weighted by Crippen LogP contribution is -2.33. The Bertz CT molecular complexity index is 1050. The number of hydrogen-bond donors (Lipinski definition) is 0. The van der Waals surface area contributed by atoms with Crippen LogP contribution in [-0.2, 0) is 0 Å². The summed E-state index contributed by atoms with van der Waals surface area (Å²) in [7, 11) is 0. The van der Waals surface area contributed by atoms with Crippen LogP contribution in [0.3, 0.4) is 0 Å². The van der Waals surface area contributed by atoms with E-state index in [1.807, 2.05) is 0 Å². The summed E-state index contributed by atoms with van der Waals surface area (Å²) >= 11 is 7.26. The van der Waals surface area contributed by atoms with Crippen LogP contribution in [0.5, 0.6) is 5.06 Å². The predicted molar refractivity (Wildman–Crippen MR) is 83.7 cm³/mol. The van der Waals surface area contributed by atoms with Crippen molar-refractivity contribution in [3.63, 3.8) is 0 Å². The fourth-order valence-corrected chi connectivity index (χ4v) is 2.93. The van der Waals surface area contributed by atoms with Gasteiger partial charge in [0.2, 0.25) is 5.65 Å². The van der Waals surface area contributed by atoms with Crippen molar-refractivity contribution in [2.45, 2.75) is 0 Å². The molecule has 0 saturated carbocycles. The molecule has 0 aliphatic carbocycles. The van der Waals surface area contributed by atoms with E-state index in [-0.39, 0.29) is 11.2 Å². The number of thiophene rings is 1. The third-order valence-corrected chi connectivity index (χ3v) is 4.19. The first-order chi connectivity index (χ1) is 11.1. The highest BCUT2D eigenvalue weighted by Gasteiger charge is 2.22. The standard InChI is InChI=1S/C14H7ClN4O3S/c15-8-3-4-10-11(6-8)18-13(17-19(10)21)9(7-16-18)14(20)22-12-2-1-5-23-12/h1-7H. The molecule has 0 spiro atoms. The van der Waals surface area contributed by atoms with Crippen molar-refractivity contribution < 1.29 is 14.4 Å². The maximum absolute atomic E-state index is 12.3. The van der Waals surface area contributed by atoms with Gasteiger partial charge in [-0.1, -0.05) is 11.6 Å². The fraction of sp³-hybridized carbons (Fsp3) is 0. The number of carbonyl (C=O) groups excluding carboxylic acids is 1. The van der Waals surface area contributed by atoms with Gasteiger partial charge >= 0.3 is 5.97 Å². The number of halogens is 1. The zero-order chi connectivity index (χ0) is 16.0.